The second-order valence-corrected chi connectivity index (χ2v) is 4.55. The van der Waals surface area contributed by atoms with Crippen LogP contribution in [0.5, 0.6) is 11.5 Å². The van der Waals surface area contributed by atoms with E-state index in [4.69, 9.17) is 9.47 Å². The number of rotatable bonds is 6. The van der Waals surface area contributed by atoms with Crippen LogP contribution in [0.4, 0.5) is 0 Å². The number of nitrogens with one attached hydrogen (secondary N) is 1. The molecule has 0 unspecified atom stereocenters. The van der Waals surface area contributed by atoms with Gasteiger partial charge in [-0.1, -0.05) is 12.1 Å². The van der Waals surface area contributed by atoms with Crippen LogP contribution in [0.3, 0.4) is 0 Å². The van der Waals surface area contributed by atoms with E-state index >= 15 is 0 Å². The summed E-state index contributed by atoms with van der Waals surface area (Å²) >= 11 is 0. The smallest absolute Gasteiger partial charge is 0.275 e. The second-order valence-electron chi connectivity index (χ2n) is 4.55. The molecule has 2 aromatic rings. The highest BCUT2D eigenvalue weighted by Gasteiger charge is 2.17. The summed E-state index contributed by atoms with van der Waals surface area (Å²) in [5.74, 6) is -0.683. The van der Waals surface area contributed by atoms with Crippen LogP contribution in [0.2, 0.25) is 0 Å². The first-order valence-electron chi connectivity index (χ1n) is 6.82. The van der Waals surface area contributed by atoms with Crippen molar-refractivity contribution in [1.29, 1.82) is 0 Å². The highest BCUT2D eigenvalue weighted by molar-refractivity contribution is 5.94. The van der Waals surface area contributed by atoms with Crippen LogP contribution in [0.1, 0.15) is 10.5 Å². The maximum absolute atomic E-state index is 12.1. The summed E-state index contributed by atoms with van der Waals surface area (Å²) in [6.45, 7) is 0.572. The first-order chi connectivity index (χ1) is 11.1. The predicted octanol–water partition coefficient (Wildman–Crippen LogP) is 0.323. The van der Waals surface area contributed by atoms with Crippen LogP contribution in [0, 0.1) is 0 Å². The molecule has 1 heterocycles. The first kappa shape index (κ1) is 16.5. The van der Waals surface area contributed by atoms with Gasteiger partial charge in [-0.3, -0.25) is 9.59 Å². The van der Waals surface area contributed by atoms with E-state index in [0.29, 0.717) is 18.0 Å². The van der Waals surface area contributed by atoms with E-state index in [1.807, 2.05) is 0 Å². The quantitative estimate of drug-likeness (QED) is 0.744. The Balaban J connectivity index is 2.44. The number of ether oxygens (including phenoxy) is 2. The number of hydrogen-bond donors (Lipinski definition) is 2. The molecule has 0 aliphatic carbocycles. The monoisotopic (exact) mass is 319 g/mol. The fourth-order valence-electron chi connectivity index (χ4n) is 1.94. The Bertz CT molecular complexity index is 757. The number of carbonyl (C=O) groups excluding carboxylic acids is 1. The minimum absolute atomic E-state index is 0.254. The largest absolute Gasteiger partial charge is 0.505 e. The van der Waals surface area contributed by atoms with Crippen molar-refractivity contribution in [2.24, 2.45) is 0 Å². The molecule has 0 fully saturated rings. The summed E-state index contributed by atoms with van der Waals surface area (Å²) < 4.78 is 11.0. The standard InChI is InChI=1S/C15H17N3O5/c1-22-8-7-16-15(21)14-11(19)9-13(20)18(17-14)10-5-3-4-6-12(10)23-2/h3-6,9,19H,7-8H2,1-2H3,(H,16,21). The predicted molar refractivity (Wildman–Crippen MR) is 82.3 cm³/mol. The van der Waals surface area contributed by atoms with Crippen LogP contribution in [-0.4, -0.2) is 48.2 Å². The summed E-state index contributed by atoms with van der Waals surface area (Å²) in [5.41, 5.74) is -0.474. The lowest BCUT2D eigenvalue weighted by Crippen LogP contribution is -2.31. The number of benzene rings is 1. The molecule has 1 aromatic heterocycles. The average molecular weight is 319 g/mol. The number of methoxy groups -OCH3 is 2. The van der Waals surface area contributed by atoms with Gasteiger partial charge in [0.2, 0.25) is 0 Å². The van der Waals surface area contributed by atoms with Crippen LogP contribution in [-0.2, 0) is 4.74 Å². The highest BCUT2D eigenvalue weighted by Crippen LogP contribution is 2.21. The summed E-state index contributed by atoms with van der Waals surface area (Å²) in [6, 6.07) is 7.67. The van der Waals surface area contributed by atoms with Gasteiger partial charge in [-0.05, 0) is 12.1 Å². The lowest BCUT2D eigenvalue weighted by Gasteiger charge is -2.11. The number of amides is 1. The molecule has 2 N–H and O–H groups in total. The van der Waals surface area contributed by atoms with E-state index in [9.17, 15) is 14.7 Å². The van der Waals surface area contributed by atoms with E-state index in [1.165, 1.54) is 14.2 Å². The Morgan fingerprint density at radius 2 is 2.09 bits per heavy atom. The van der Waals surface area contributed by atoms with Gasteiger partial charge in [-0.2, -0.15) is 9.78 Å². The summed E-state index contributed by atoms with van der Waals surface area (Å²) in [6.07, 6.45) is 0. The van der Waals surface area contributed by atoms with Crippen molar-refractivity contribution in [3.05, 3.63) is 46.4 Å². The number of carbonyl (C=O) groups is 1. The first-order valence-corrected chi connectivity index (χ1v) is 6.82. The van der Waals surface area contributed by atoms with E-state index in [1.54, 1.807) is 24.3 Å². The highest BCUT2D eigenvalue weighted by atomic mass is 16.5. The molecule has 0 spiro atoms. The van der Waals surface area contributed by atoms with Gasteiger partial charge in [0.1, 0.15) is 11.4 Å². The van der Waals surface area contributed by atoms with Gasteiger partial charge in [0, 0.05) is 19.7 Å². The third kappa shape index (κ3) is 3.67. The molecular formula is C15H17N3O5. The summed E-state index contributed by atoms with van der Waals surface area (Å²) in [7, 11) is 2.96. The van der Waals surface area contributed by atoms with Crippen LogP contribution in [0.25, 0.3) is 5.69 Å². The summed E-state index contributed by atoms with van der Waals surface area (Å²) in [5, 5.41) is 16.3. The maximum Gasteiger partial charge on any atom is 0.275 e. The minimum Gasteiger partial charge on any atom is -0.505 e. The van der Waals surface area contributed by atoms with Gasteiger partial charge in [-0.15, -0.1) is 0 Å². The van der Waals surface area contributed by atoms with Crippen molar-refractivity contribution >= 4 is 5.91 Å². The van der Waals surface area contributed by atoms with Crippen molar-refractivity contribution in [3.8, 4) is 17.2 Å². The van der Waals surface area contributed by atoms with Gasteiger partial charge < -0.3 is 19.9 Å². The average Bonchev–Trinajstić information content (AvgIpc) is 2.55. The Morgan fingerprint density at radius 3 is 2.78 bits per heavy atom. The molecule has 1 aromatic carbocycles. The third-order valence-electron chi connectivity index (χ3n) is 3.03. The van der Waals surface area contributed by atoms with Crippen LogP contribution >= 0.6 is 0 Å². The van der Waals surface area contributed by atoms with Gasteiger partial charge in [0.15, 0.2) is 11.4 Å². The molecule has 2 rings (SSSR count). The van der Waals surface area contributed by atoms with Crippen molar-refractivity contribution < 1.29 is 19.4 Å². The zero-order valence-electron chi connectivity index (χ0n) is 12.8. The van der Waals surface area contributed by atoms with Gasteiger partial charge in [0.05, 0.1) is 13.7 Å². The lowest BCUT2D eigenvalue weighted by atomic mass is 10.3. The molecule has 8 nitrogen and oxygen atoms in total. The summed E-state index contributed by atoms with van der Waals surface area (Å²) in [4.78, 5) is 24.1. The molecule has 0 saturated heterocycles. The zero-order chi connectivity index (χ0) is 16.8. The fraction of sp³-hybridized carbons (Fsp3) is 0.267. The third-order valence-corrected chi connectivity index (χ3v) is 3.03. The van der Waals surface area contributed by atoms with Crippen molar-refractivity contribution in [2.45, 2.75) is 0 Å². The maximum atomic E-state index is 12.1. The Morgan fingerprint density at radius 1 is 1.35 bits per heavy atom. The van der Waals surface area contributed by atoms with Crippen molar-refractivity contribution in [3.63, 3.8) is 0 Å². The number of hydrogen-bond acceptors (Lipinski definition) is 6. The Labute approximate surface area is 132 Å². The molecule has 122 valence electrons. The SMILES string of the molecule is COCCNC(=O)c1nn(-c2ccccc2OC)c(=O)cc1O. The Kier molecular flexibility index (Phi) is 5.32. The van der Waals surface area contributed by atoms with Crippen molar-refractivity contribution in [1.82, 2.24) is 15.1 Å². The minimum atomic E-state index is -0.608. The molecule has 23 heavy (non-hydrogen) atoms. The normalized spacial score (nSPS) is 10.3. The molecule has 0 aliphatic heterocycles. The van der Waals surface area contributed by atoms with Gasteiger partial charge in [-0.25, -0.2) is 0 Å². The van der Waals surface area contributed by atoms with E-state index in [2.05, 4.69) is 10.4 Å². The van der Waals surface area contributed by atoms with Gasteiger partial charge in [0.25, 0.3) is 11.5 Å². The van der Waals surface area contributed by atoms with E-state index in [-0.39, 0.29) is 12.2 Å². The van der Waals surface area contributed by atoms with Crippen LogP contribution < -0.4 is 15.6 Å². The molecule has 0 bridgehead atoms. The van der Waals surface area contributed by atoms with Crippen LogP contribution in [0.15, 0.2) is 35.1 Å². The molecule has 0 radical (unpaired) electrons. The second kappa shape index (κ2) is 7.41. The molecule has 0 atom stereocenters. The molecule has 0 saturated carbocycles. The topological polar surface area (TPSA) is 103 Å². The number of nitrogens with zero attached hydrogens (tertiary/aromatic N) is 2. The number of aromatic hydroxyl groups is 1. The molecular weight excluding hydrogens is 302 g/mol. The van der Waals surface area contributed by atoms with E-state index in [0.717, 1.165) is 10.7 Å². The molecule has 8 heteroatoms. The molecule has 1 amide bonds. The Hall–Kier alpha value is -2.87. The van der Waals surface area contributed by atoms with Gasteiger partial charge >= 0.3 is 0 Å². The van der Waals surface area contributed by atoms with Crippen molar-refractivity contribution in [2.75, 3.05) is 27.4 Å². The number of para-hydroxylation sites is 2. The zero-order valence-corrected chi connectivity index (χ0v) is 12.8. The number of aromatic nitrogens is 2. The lowest BCUT2D eigenvalue weighted by molar-refractivity contribution is 0.0927. The van der Waals surface area contributed by atoms with E-state index < -0.39 is 17.2 Å². The fourth-order valence-corrected chi connectivity index (χ4v) is 1.94. The molecule has 0 aliphatic rings.